The van der Waals surface area contributed by atoms with Crippen molar-refractivity contribution in [1.82, 2.24) is 19.7 Å². The molecule has 0 radical (unpaired) electrons. The fraction of sp³-hybridized carbons (Fsp3) is 0.261. The highest BCUT2D eigenvalue weighted by molar-refractivity contribution is 5.91. The number of hydrogen-bond donors (Lipinski definition) is 2. The number of carbonyl (C=O) groups excluding carboxylic acids is 1. The van der Waals surface area contributed by atoms with Gasteiger partial charge in [0.2, 0.25) is 11.9 Å². The number of carbonyl (C=O) groups is 1. The maximum atomic E-state index is 12.9. The van der Waals surface area contributed by atoms with Gasteiger partial charge in [-0.3, -0.25) is 15.2 Å². The molecule has 0 aliphatic heterocycles. The molecule has 1 amide bonds. The summed E-state index contributed by atoms with van der Waals surface area (Å²) in [6.45, 7) is 0. The summed E-state index contributed by atoms with van der Waals surface area (Å²) >= 11 is 0. The topological polar surface area (TPSA) is 75.6 Å². The van der Waals surface area contributed by atoms with Crippen LogP contribution in [0.3, 0.4) is 0 Å². The van der Waals surface area contributed by atoms with Crippen molar-refractivity contribution < 1.29 is 4.79 Å². The quantitative estimate of drug-likeness (QED) is 0.507. The number of nitrogens with zero attached hydrogens (tertiary/aromatic N) is 3. The number of amides is 1. The SMILES string of the molecule is O=C(C[C@H](c1cccc2ccccc12)n1cccc1)Nc1n[nH]c(C2CCC2)n1. The minimum Gasteiger partial charge on any atom is -0.346 e. The minimum atomic E-state index is -0.110. The molecule has 0 unspecified atom stereocenters. The van der Waals surface area contributed by atoms with Crippen molar-refractivity contribution in [3.63, 3.8) is 0 Å². The predicted octanol–water partition coefficient (Wildman–Crippen LogP) is 4.65. The molecule has 0 bridgehead atoms. The molecule has 2 N–H and O–H groups in total. The fourth-order valence-electron chi connectivity index (χ4n) is 4.02. The molecule has 29 heavy (non-hydrogen) atoms. The Balaban J connectivity index is 1.40. The zero-order valence-electron chi connectivity index (χ0n) is 16.1. The van der Waals surface area contributed by atoms with Crippen LogP contribution >= 0.6 is 0 Å². The van der Waals surface area contributed by atoms with E-state index in [0.29, 0.717) is 18.3 Å². The Morgan fingerprint density at radius 3 is 2.69 bits per heavy atom. The molecule has 6 heteroatoms. The summed E-state index contributed by atoms with van der Waals surface area (Å²) in [5.74, 6) is 1.59. The average molecular weight is 385 g/mol. The van der Waals surface area contributed by atoms with Gasteiger partial charge in [0, 0.05) is 18.3 Å². The van der Waals surface area contributed by atoms with Crippen molar-refractivity contribution in [2.45, 2.75) is 37.6 Å². The number of hydrogen-bond acceptors (Lipinski definition) is 3. The summed E-state index contributed by atoms with van der Waals surface area (Å²) in [4.78, 5) is 17.3. The summed E-state index contributed by atoms with van der Waals surface area (Å²) in [5.41, 5.74) is 1.12. The number of anilines is 1. The molecule has 1 aliphatic rings. The van der Waals surface area contributed by atoms with Crippen LogP contribution in [-0.2, 0) is 4.79 Å². The van der Waals surface area contributed by atoms with E-state index in [-0.39, 0.29) is 11.9 Å². The molecule has 1 aliphatic carbocycles. The van der Waals surface area contributed by atoms with Gasteiger partial charge in [-0.25, -0.2) is 0 Å². The highest BCUT2D eigenvalue weighted by Gasteiger charge is 2.24. The number of nitrogens with one attached hydrogen (secondary N) is 2. The lowest BCUT2D eigenvalue weighted by Gasteiger charge is -2.22. The molecule has 146 valence electrons. The number of benzene rings is 2. The largest absolute Gasteiger partial charge is 0.346 e. The summed E-state index contributed by atoms with van der Waals surface area (Å²) in [6, 6.07) is 18.4. The van der Waals surface area contributed by atoms with E-state index in [0.717, 1.165) is 29.6 Å². The number of rotatable bonds is 6. The Labute approximate surface area is 169 Å². The van der Waals surface area contributed by atoms with E-state index in [1.807, 2.05) is 42.7 Å². The lowest BCUT2D eigenvalue weighted by molar-refractivity contribution is -0.116. The first kappa shape index (κ1) is 17.7. The molecule has 5 rings (SSSR count). The minimum absolute atomic E-state index is 0.101. The van der Waals surface area contributed by atoms with Gasteiger partial charge in [-0.1, -0.05) is 48.9 Å². The third kappa shape index (κ3) is 3.53. The lowest BCUT2D eigenvalue weighted by Crippen LogP contribution is -2.20. The zero-order valence-corrected chi connectivity index (χ0v) is 16.1. The van der Waals surface area contributed by atoms with E-state index in [1.54, 1.807) is 0 Å². The first-order chi connectivity index (χ1) is 14.3. The molecule has 2 heterocycles. The van der Waals surface area contributed by atoms with E-state index < -0.39 is 0 Å². The first-order valence-corrected chi connectivity index (χ1v) is 10.1. The average Bonchev–Trinajstić information content (AvgIpc) is 3.37. The summed E-state index contributed by atoms with van der Waals surface area (Å²) in [7, 11) is 0. The van der Waals surface area contributed by atoms with Gasteiger partial charge in [-0.2, -0.15) is 4.98 Å². The molecular formula is C23H23N5O. The Hall–Kier alpha value is -3.41. The molecule has 1 saturated carbocycles. The Morgan fingerprint density at radius 1 is 1.10 bits per heavy atom. The maximum Gasteiger partial charge on any atom is 0.248 e. The van der Waals surface area contributed by atoms with Gasteiger partial charge in [0.25, 0.3) is 0 Å². The van der Waals surface area contributed by atoms with E-state index >= 15 is 0 Å². The van der Waals surface area contributed by atoms with Crippen LogP contribution in [0.2, 0.25) is 0 Å². The molecule has 4 aromatic rings. The van der Waals surface area contributed by atoms with Crippen molar-refractivity contribution in [3.05, 3.63) is 78.4 Å². The van der Waals surface area contributed by atoms with E-state index in [4.69, 9.17) is 0 Å². The normalized spacial score (nSPS) is 15.2. The van der Waals surface area contributed by atoms with E-state index in [1.165, 1.54) is 11.8 Å². The number of fused-ring (bicyclic) bond motifs is 1. The standard InChI is InChI=1S/C23H23N5O/c29-21(24-23-25-22(26-27-23)17-9-5-10-17)15-20(28-13-3-4-14-28)19-12-6-8-16-7-1-2-11-18(16)19/h1-4,6-8,11-14,17,20H,5,9-10,15H2,(H2,24,25,26,27,29)/t20-/m1/s1. The van der Waals surface area contributed by atoms with Crippen molar-refractivity contribution >= 4 is 22.6 Å². The van der Waals surface area contributed by atoms with Gasteiger partial charge >= 0.3 is 0 Å². The molecular weight excluding hydrogens is 362 g/mol. The van der Waals surface area contributed by atoms with Crippen LogP contribution in [-0.4, -0.2) is 25.7 Å². The van der Waals surface area contributed by atoms with Gasteiger partial charge in [-0.15, -0.1) is 5.10 Å². The van der Waals surface area contributed by atoms with Gasteiger partial charge in [0.1, 0.15) is 5.82 Å². The summed E-state index contributed by atoms with van der Waals surface area (Å²) < 4.78 is 2.08. The monoisotopic (exact) mass is 385 g/mol. The van der Waals surface area contributed by atoms with Gasteiger partial charge < -0.3 is 4.57 Å². The number of H-pyrrole nitrogens is 1. The Kier molecular flexibility index (Phi) is 4.60. The van der Waals surface area contributed by atoms with Crippen molar-refractivity contribution in [2.24, 2.45) is 0 Å². The molecule has 2 aromatic heterocycles. The highest BCUT2D eigenvalue weighted by atomic mass is 16.1. The highest BCUT2D eigenvalue weighted by Crippen LogP contribution is 2.34. The second-order valence-electron chi connectivity index (χ2n) is 7.64. The number of aromatic amines is 1. The van der Waals surface area contributed by atoms with Crippen LogP contribution in [0.15, 0.2) is 67.0 Å². The molecule has 0 spiro atoms. The van der Waals surface area contributed by atoms with Crippen molar-refractivity contribution in [3.8, 4) is 0 Å². The maximum absolute atomic E-state index is 12.9. The van der Waals surface area contributed by atoms with Crippen LogP contribution in [0.5, 0.6) is 0 Å². The second kappa shape index (κ2) is 7.54. The van der Waals surface area contributed by atoms with Crippen molar-refractivity contribution in [2.75, 3.05) is 5.32 Å². The lowest BCUT2D eigenvalue weighted by atomic mass is 9.85. The van der Waals surface area contributed by atoms with E-state index in [9.17, 15) is 4.79 Å². The van der Waals surface area contributed by atoms with Crippen LogP contribution in [0.25, 0.3) is 10.8 Å². The second-order valence-corrected chi connectivity index (χ2v) is 7.64. The molecule has 0 saturated heterocycles. The van der Waals surface area contributed by atoms with Crippen LogP contribution in [0.4, 0.5) is 5.95 Å². The van der Waals surface area contributed by atoms with Crippen LogP contribution in [0.1, 0.15) is 49.0 Å². The predicted molar refractivity (Wildman–Crippen MR) is 113 cm³/mol. The zero-order chi connectivity index (χ0) is 19.6. The smallest absolute Gasteiger partial charge is 0.248 e. The molecule has 6 nitrogen and oxygen atoms in total. The Morgan fingerprint density at radius 2 is 1.90 bits per heavy atom. The van der Waals surface area contributed by atoms with Gasteiger partial charge in [0.15, 0.2) is 0 Å². The first-order valence-electron chi connectivity index (χ1n) is 10.1. The third-order valence-corrected chi connectivity index (χ3v) is 5.79. The van der Waals surface area contributed by atoms with Crippen LogP contribution < -0.4 is 5.32 Å². The number of aromatic nitrogens is 4. The van der Waals surface area contributed by atoms with Gasteiger partial charge in [-0.05, 0) is 41.3 Å². The molecule has 1 fully saturated rings. The third-order valence-electron chi connectivity index (χ3n) is 5.79. The van der Waals surface area contributed by atoms with Crippen LogP contribution in [0, 0.1) is 0 Å². The summed E-state index contributed by atoms with van der Waals surface area (Å²) in [6.07, 6.45) is 7.81. The van der Waals surface area contributed by atoms with Gasteiger partial charge in [0.05, 0.1) is 12.5 Å². The summed E-state index contributed by atoms with van der Waals surface area (Å²) in [5, 5.41) is 12.3. The molecule has 2 aromatic carbocycles. The fourth-order valence-corrected chi connectivity index (χ4v) is 4.02. The van der Waals surface area contributed by atoms with Crippen molar-refractivity contribution in [1.29, 1.82) is 0 Å². The Bertz CT molecular complexity index is 1120. The van der Waals surface area contributed by atoms with E-state index in [2.05, 4.69) is 49.3 Å². The molecule has 1 atom stereocenters.